The molecule has 3 aromatic rings. The molecule has 0 saturated carbocycles. The van der Waals surface area contributed by atoms with Gasteiger partial charge in [-0.3, -0.25) is 4.79 Å². The van der Waals surface area contributed by atoms with Crippen LogP contribution in [0.3, 0.4) is 0 Å². The van der Waals surface area contributed by atoms with Crippen molar-refractivity contribution in [1.82, 2.24) is 4.98 Å². The topological polar surface area (TPSA) is 55.1 Å². The molecule has 0 unspecified atom stereocenters. The van der Waals surface area contributed by atoms with Crippen LogP contribution in [0, 0.1) is 6.92 Å². The molecule has 0 saturated heterocycles. The minimum atomic E-state index is -0.125. The summed E-state index contributed by atoms with van der Waals surface area (Å²) in [7, 11) is 0. The molecular formula is C19H17ClN2O2. The van der Waals surface area contributed by atoms with Gasteiger partial charge in [0.1, 0.15) is 0 Å². The Hall–Kier alpha value is -2.59. The van der Waals surface area contributed by atoms with Crippen LogP contribution in [-0.2, 0) is 11.2 Å². The normalized spacial score (nSPS) is 10.6. The van der Waals surface area contributed by atoms with Crippen molar-refractivity contribution in [2.45, 2.75) is 19.8 Å². The number of benzene rings is 2. The lowest BCUT2D eigenvalue weighted by Crippen LogP contribution is -2.12. The Morgan fingerprint density at radius 1 is 1.21 bits per heavy atom. The molecule has 1 heterocycles. The molecule has 2 aromatic carbocycles. The summed E-state index contributed by atoms with van der Waals surface area (Å²) >= 11 is 6.12. The van der Waals surface area contributed by atoms with E-state index in [1.165, 1.54) is 0 Å². The molecule has 1 amide bonds. The highest BCUT2D eigenvalue weighted by Gasteiger charge is 2.10. The number of anilines is 1. The molecule has 0 spiro atoms. The maximum Gasteiger partial charge on any atom is 0.224 e. The van der Waals surface area contributed by atoms with Crippen molar-refractivity contribution in [2.24, 2.45) is 0 Å². The van der Waals surface area contributed by atoms with Gasteiger partial charge in [-0.05, 0) is 24.6 Å². The standard InChI is InChI=1S/C19H17ClN2O2/c1-13-7-8-16(15(20)11-13)22-18(23)9-10-19-21-12-17(24-19)14-5-3-2-4-6-14/h2-8,11-12H,9-10H2,1H3,(H,22,23). The summed E-state index contributed by atoms with van der Waals surface area (Å²) in [5.41, 5.74) is 2.63. The van der Waals surface area contributed by atoms with Crippen molar-refractivity contribution < 1.29 is 9.21 Å². The zero-order chi connectivity index (χ0) is 16.9. The fourth-order valence-corrected chi connectivity index (χ4v) is 2.60. The number of hydrogen-bond acceptors (Lipinski definition) is 3. The zero-order valence-electron chi connectivity index (χ0n) is 13.3. The Morgan fingerprint density at radius 3 is 2.75 bits per heavy atom. The second kappa shape index (κ2) is 7.32. The molecule has 0 radical (unpaired) electrons. The van der Waals surface area contributed by atoms with Gasteiger partial charge in [0.25, 0.3) is 0 Å². The quantitative estimate of drug-likeness (QED) is 0.720. The van der Waals surface area contributed by atoms with Crippen LogP contribution in [0.5, 0.6) is 0 Å². The number of aromatic nitrogens is 1. The molecule has 122 valence electrons. The Kier molecular flexibility index (Phi) is 4.96. The number of nitrogens with zero attached hydrogens (tertiary/aromatic N) is 1. The average molecular weight is 341 g/mol. The van der Waals surface area contributed by atoms with Crippen molar-refractivity contribution in [3.8, 4) is 11.3 Å². The maximum absolute atomic E-state index is 12.1. The molecule has 0 fully saturated rings. The number of nitrogens with one attached hydrogen (secondary N) is 1. The van der Waals surface area contributed by atoms with E-state index in [4.69, 9.17) is 16.0 Å². The second-order valence-electron chi connectivity index (χ2n) is 5.52. The SMILES string of the molecule is Cc1ccc(NC(=O)CCc2ncc(-c3ccccc3)o2)c(Cl)c1. The van der Waals surface area contributed by atoms with Gasteiger partial charge in [0.05, 0.1) is 16.9 Å². The van der Waals surface area contributed by atoms with Crippen molar-refractivity contribution in [3.63, 3.8) is 0 Å². The molecule has 24 heavy (non-hydrogen) atoms. The van der Waals surface area contributed by atoms with Gasteiger partial charge < -0.3 is 9.73 Å². The van der Waals surface area contributed by atoms with Crippen LogP contribution in [0.15, 0.2) is 59.1 Å². The number of aryl methyl sites for hydroxylation is 2. The van der Waals surface area contributed by atoms with E-state index in [1.807, 2.05) is 49.4 Å². The Labute approximate surface area is 145 Å². The van der Waals surface area contributed by atoms with E-state index >= 15 is 0 Å². The number of carbonyl (C=O) groups excluding carboxylic acids is 1. The fraction of sp³-hybridized carbons (Fsp3) is 0.158. The molecule has 0 aliphatic carbocycles. The van der Waals surface area contributed by atoms with E-state index in [9.17, 15) is 4.79 Å². The molecule has 0 atom stereocenters. The van der Waals surface area contributed by atoms with Gasteiger partial charge in [-0.25, -0.2) is 4.98 Å². The fourth-order valence-electron chi connectivity index (χ4n) is 2.32. The molecule has 5 heteroatoms. The van der Waals surface area contributed by atoms with E-state index < -0.39 is 0 Å². The summed E-state index contributed by atoms with van der Waals surface area (Å²) in [4.78, 5) is 16.3. The van der Waals surface area contributed by atoms with Crippen LogP contribution in [0.25, 0.3) is 11.3 Å². The third kappa shape index (κ3) is 4.03. The molecule has 0 bridgehead atoms. The molecule has 0 aliphatic heterocycles. The number of hydrogen-bond donors (Lipinski definition) is 1. The smallest absolute Gasteiger partial charge is 0.224 e. The monoisotopic (exact) mass is 340 g/mol. The van der Waals surface area contributed by atoms with Gasteiger partial charge in [0, 0.05) is 18.4 Å². The lowest BCUT2D eigenvalue weighted by Gasteiger charge is -2.07. The van der Waals surface area contributed by atoms with Crippen molar-refractivity contribution >= 4 is 23.2 Å². The minimum Gasteiger partial charge on any atom is -0.441 e. The van der Waals surface area contributed by atoms with Crippen molar-refractivity contribution in [1.29, 1.82) is 0 Å². The van der Waals surface area contributed by atoms with Gasteiger partial charge >= 0.3 is 0 Å². The first kappa shape index (κ1) is 16.3. The zero-order valence-corrected chi connectivity index (χ0v) is 14.0. The predicted molar refractivity (Wildman–Crippen MR) is 95.1 cm³/mol. The second-order valence-corrected chi connectivity index (χ2v) is 5.92. The highest BCUT2D eigenvalue weighted by atomic mass is 35.5. The Balaban J connectivity index is 1.58. The Morgan fingerprint density at radius 2 is 2.00 bits per heavy atom. The van der Waals surface area contributed by atoms with Crippen molar-refractivity contribution in [3.05, 3.63) is 71.2 Å². The Bertz CT molecular complexity index is 844. The molecular weight excluding hydrogens is 324 g/mol. The number of rotatable bonds is 5. The molecule has 0 aliphatic rings. The van der Waals surface area contributed by atoms with E-state index in [0.29, 0.717) is 28.8 Å². The largest absolute Gasteiger partial charge is 0.441 e. The van der Waals surface area contributed by atoms with Gasteiger partial charge in [-0.2, -0.15) is 0 Å². The minimum absolute atomic E-state index is 0.125. The first-order chi connectivity index (χ1) is 11.6. The summed E-state index contributed by atoms with van der Waals surface area (Å²) in [5, 5.41) is 3.34. The van der Waals surface area contributed by atoms with Crippen molar-refractivity contribution in [2.75, 3.05) is 5.32 Å². The highest BCUT2D eigenvalue weighted by molar-refractivity contribution is 6.33. The highest BCUT2D eigenvalue weighted by Crippen LogP contribution is 2.23. The molecule has 4 nitrogen and oxygen atoms in total. The first-order valence-electron chi connectivity index (χ1n) is 7.68. The third-order valence-corrected chi connectivity index (χ3v) is 3.89. The average Bonchev–Trinajstić information content (AvgIpc) is 3.05. The van der Waals surface area contributed by atoms with E-state index in [1.54, 1.807) is 12.3 Å². The van der Waals surface area contributed by atoms with Crippen LogP contribution in [-0.4, -0.2) is 10.9 Å². The number of oxazole rings is 1. The summed E-state index contributed by atoms with van der Waals surface area (Å²) in [6.07, 6.45) is 2.39. The van der Waals surface area contributed by atoms with E-state index in [-0.39, 0.29) is 12.3 Å². The van der Waals surface area contributed by atoms with Crippen LogP contribution < -0.4 is 5.32 Å². The summed E-state index contributed by atoms with van der Waals surface area (Å²) in [6, 6.07) is 15.3. The summed E-state index contributed by atoms with van der Waals surface area (Å²) < 4.78 is 5.69. The van der Waals surface area contributed by atoms with Crippen LogP contribution >= 0.6 is 11.6 Å². The number of halogens is 1. The van der Waals surface area contributed by atoms with Gasteiger partial charge in [0.2, 0.25) is 5.91 Å². The third-order valence-electron chi connectivity index (χ3n) is 3.58. The molecule has 1 aromatic heterocycles. The lowest BCUT2D eigenvalue weighted by atomic mass is 10.2. The van der Waals surface area contributed by atoms with Gasteiger partial charge in [0.15, 0.2) is 11.7 Å². The van der Waals surface area contributed by atoms with Crippen LogP contribution in [0.1, 0.15) is 17.9 Å². The van der Waals surface area contributed by atoms with Crippen LogP contribution in [0.4, 0.5) is 5.69 Å². The predicted octanol–water partition coefficient (Wildman–Crippen LogP) is 4.87. The van der Waals surface area contributed by atoms with Gasteiger partial charge in [-0.1, -0.05) is 48.0 Å². The number of amides is 1. The maximum atomic E-state index is 12.1. The van der Waals surface area contributed by atoms with Gasteiger partial charge in [-0.15, -0.1) is 0 Å². The van der Waals surface area contributed by atoms with Crippen LogP contribution in [0.2, 0.25) is 5.02 Å². The lowest BCUT2D eigenvalue weighted by molar-refractivity contribution is -0.116. The van der Waals surface area contributed by atoms with E-state index in [2.05, 4.69) is 10.3 Å². The number of carbonyl (C=O) groups is 1. The van der Waals surface area contributed by atoms with E-state index in [0.717, 1.165) is 11.1 Å². The molecule has 3 rings (SSSR count). The summed E-state index contributed by atoms with van der Waals surface area (Å²) in [6.45, 7) is 1.95. The molecule has 1 N–H and O–H groups in total. The first-order valence-corrected chi connectivity index (χ1v) is 8.06. The summed E-state index contributed by atoms with van der Waals surface area (Å²) in [5.74, 6) is 1.12.